The predicted octanol–water partition coefficient (Wildman–Crippen LogP) is 8.86. The second-order valence-electron chi connectivity index (χ2n) is 10.1. The van der Waals surface area contributed by atoms with Gasteiger partial charge in [0, 0.05) is 62.1 Å². The van der Waals surface area contributed by atoms with E-state index >= 15 is 0 Å². The molecule has 0 aliphatic rings. The molecule has 0 N–H and O–H groups in total. The van der Waals surface area contributed by atoms with E-state index in [1.54, 1.807) is 0 Å². The smallest absolute Gasteiger partial charge is 0.0441 e. The third kappa shape index (κ3) is 6.04. The molecule has 0 aromatic heterocycles. The van der Waals surface area contributed by atoms with Crippen LogP contribution in [0.5, 0.6) is 0 Å². The number of hydrogen-bond acceptors (Lipinski definition) is 1. The van der Waals surface area contributed by atoms with Gasteiger partial charge in [-0.05, 0) is 112 Å². The fourth-order valence-corrected chi connectivity index (χ4v) is 5.27. The maximum absolute atomic E-state index is 3.38. The number of fused-ring (bicyclic) bond motifs is 2. The fourth-order valence-electron chi connectivity index (χ4n) is 4.91. The number of benzene rings is 6. The zero-order valence-corrected chi connectivity index (χ0v) is 25.5. The molecule has 6 aromatic rings. The van der Waals surface area contributed by atoms with Crippen molar-refractivity contribution in [1.82, 2.24) is 0 Å². The highest BCUT2D eigenvalue weighted by Crippen LogP contribution is 2.27. The van der Waals surface area contributed by atoms with Crippen LogP contribution in [0, 0.1) is 39.1 Å². The first-order chi connectivity index (χ1) is 20.5. The molecule has 0 spiro atoms. The highest BCUT2D eigenvalue weighted by atomic mass is 127. The van der Waals surface area contributed by atoms with Gasteiger partial charge >= 0.3 is 0 Å². The van der Waals surface area contributed by atoms with E-state index in [-0.39, 0.29) is 0 Å². The second-order valence-corrected chi connectivity index (χ2v) is 11.4. The number of hydrogen-bond donors (Lipinski definition) is 0. The Morgan fingerprint density at radius 3 is 1.19 bits per heavy atom. The fraction of sp³-hybridized carbons (Fsp3) is 0.0500. The van der Waals surface area contributed by atoms with Crippen molar-refractivity contribution in [3.63, 3.8) is 0 Å². The number of anilines is 1. The molecule has 0 fully saturated rings. The molecule has 0 aliphatic heterocycles. The minimum Gasteiger partial charge on any atom is -0.377 e. The number of nitrogens with zero attached hydrogens (tertiary/aromatic N) is 1. The van der Waals surface area contributed by atoms with E-state index in [0.29, 0.717) is 0 Å². The lowest BCUT2D eigenvalue weighted by molar-refractivity contribution is 1.14. The highest BCUT2D eigenvalue weighted by Gasteiger charge is 2.05. The summed E-state index contributed by atoms with van der Waals surface area (Å²) in [5.41, 5.74) is 7.13. The molecule has 2 heteroatoms. The summed E-state index contributed by atoms with van der Waals surface area (Å²) in [6.45, 7) is 0. The molecule has 0 heterocycles. The standard InChI is InChI=1S/C40H26IN/c1-42(2)40-14-6-12-38-34(9-5-13-39(38)40)26-20-30-17-15-29(16-18-30)19-24-32-7-3-11-37-33(8-4-10-36(32)37)25-21-31-22-27-35(41)28-23-31/h3-18,22-23,27-28H,1-2H3. The summed E-state index contributed by atoms with van der Waals surface area (Å²) in [5, 5.41) is 4.59. The SMILES string of the molecule is CN(C)c1cccc2c(C#Cc3ccc(C#Cc4cccc5c(C#Cc6ccc(I)cc6)cccc45)cc3)cccc12. The van der Waals surface area contributed by atoms with E-state index in [2.05, 4.69) is 174 Å². The molecule has 0 radical (unpaired) electrons. The van der Waals surface area contributed by atoms with Crippen LogP contribution in [0.1, 0.15) is 33.4 Å². The Kier molecular flexibility index (Phi) is 7.96. The zero-order chi connectivity index (χ0) is 28.9. The van der Waals surface area contributed by atoms with Crippen LogP contribution in [-0.2, 0) is 0 Å². The molecule has 6 rings (SSSR count). The quantitative estimate of drug-likeness (QED) is 0.127. The van der Waals surface area contributed by atoms with Gasteiger partial charge in [0.05, 0.1) is 0 Å². The number of halogens is 1. The third-order valence-electron chi connectivity index (χ3n) is 7.06. The lowest BCUT2D eigenvalue weighted by Crippen LogP contribution is -2.08. The molecule has 0 aliphatic carbocycles. The topological polar surface area (TPSA) is 3.24 Å². The van der Waals surface area contributed by atoms with Gasteiger partial charge in [-0.1, -0.05) is 84.1 Å². The lowest BCUT2D eigenvalue weighted by Gasteiger charge is -2.15. The van der Waals surface area contributed by atoms with Gasteiger partial charge in [0.1, 0.15) is 0 Å². The van der Waals surface area contributed by atoms with E-state index in [1.807, 2.05) is 24.3 Å². The van der Waals surface area contributed by atoms with Crippen molar-refractivity contribution in [2.24, 2.45) is 0 Å². The maximum atomic E-state index is 3.38. The number of rotatable bonds is 1. The van der Waals surface area contributed by atoms with Gasteiger partial charge in [0.25, 0.3) is 0 Å². The largest absolute Gasteiger partial charge is 0.377 e. The van der Waals surface area contributed by atoms with Crippen LogP contribution < -0.4 is 4.90 Å². The monoisotopic (exact) mass is 647 g/mol. The van der Waals surface area contributed by atoms with Crippen molar-refractivity contribution < 1.29 is 0 Å². The van der Waals surface area contributed by atoms with Crippen LogP contribution in [0.3, 0.4) is 0 Å². The van der Waals surface area contributed by atoms with E-state index in [9.17, 15) is 0 Å². The minimum atomic E-state index is 0.952. The Hall–Kier alpha value is -4.95. The molecule has 0 saturated carbocycles. The molecular formula is C40H26IN. The summed E-state index contributed by atoms with van der Waals surface area (Å²) in [6.07, 6.45) is 0. The Morgan fingerprint density at radius 2 is 0.762 bits per heavy atom. The Balaban J connectivity index is 1.25. The van der Waals surface area contributed by atoms with Gasteiger partial charge in [-0.3, -0.25) is 0 Å². The van der Waals surface area contributed by atoms with Crippen LogP contribution in [0.4, 0.5) is 5.69 Å². The van der Waals surface area contributed by atoms with Crippen molar-refractivity contribution in [2.45, 2.75) is 0 Å². The average molecular weight is 648 g/mol. The molecule has 0 atom stereocenters. The highest BCUT2D eigenvalue weighted by molar-refractivity contribution is 14.1. The Labute approximate surface area is 261 Å². The lowest BCUT2D eigenvalue weighted by atomic mass is 10.00. The molecule has 198 valence electrons. The summed E-state index contributed by atoms with van der Waals surface area (Å²) in [7, 11) is 4.13. The van der Waals surface area contributed by atoms with Crippen molar-refractivity contribution in [2.75, 3.05) is 19.0 Å². The van der Waals surface area contributed by atoms with E-state index in [0.717, 1.165) is 49.5 Å². The molecule has 0 unspecified atom stereocenters. The Morgan fingerprint density at radius 1 is 0.405 bits per heavy atom. The maximum Gasteiger partial charge on any atom is 0.0441 e. The Bertz CT molecular complexity index is 2120. The van der Waals surface area contributed by atoms with Crippen LogP contribution >= 0.6 is 22.6 Å². The zero-order valence-electron chi connectivity index (χ0n) is 23.4. The molecule has 0 amide bonds. The van der Waals surface area contributed by atoms with Gasteiger partial charge in [-0.25, -0.2) is 0 Å². The first-order valence-electron chi connectivity index (χ1n) is 13.7. The van der Waals surface area contributed by atoms with Gasteiger partial charge in [-0.2, -0.15) is 0 Å². The summed E-state index contributed by atoms with van der Waals surface area (Å²) >= 11 is 2.31. The average Bonchev–Trinajstić information content (AvgIpc) is 3.02. The van der Waals surface area contributed by atoms with Gasteiger partial charge < -0.3 is 4.90 Å². The molecule has 42 heavy (non-hydrogen) atoms. The van der Waals surface area contributed by atoms with Crippen LogP contribution in [0.25, 0.3) is 21.5 Å². The summed E-state index contributed by atoms with van der Waals surface area (Å²) < 4.78 is 1.20. The summed E-state index contributed by atoms with van der Waals surface area (Å²) in [4.78, 5) is 2.14. The van der Waals surface area contributed by atoms with Gasteiger partial charge in [-0.15, -0.1) is 0 Å². The summed E-state index contributed by atoms with van der Waals surface area (Å²) in [6, 6.07) is 41.5. The molecular weight excluding hydrogens is 621 g/mol. The molecule has 0 saturated heterocycles. The van der Waals surface area contributed by atoms with Crippen molar-refractivity contribution in [3.8, 4) is 35.5 Å². The summed E-state index contributed by atoms with van der Waals surface area (Å²) in [5.74, 6) is 20.1. The molecule has 0 bridgehead atoms. The van der Waals surface area contributed by atoms with Crippen molar-refractivity contribution in [1.29, 1.82) is 0 Å². The van der Waals surface area contributed by atoms with E-state index in [1.165, 1.54) is 14.6 Å². The van der Waals surface area contributed by atoms with E-state index < -0.39 is 0 Å². The van der Waals surface area contributed by atoms with Gasteiger partial charge in [0.15, 0.2) is 0 Å². The van der Waals surface area contributed by atoms with Crippen molar-refractivity contribution in [3.05, 3.63) is 158 Å². The second kappa shape index (κ2) is 12.3. The third-order valence-corrected chi connectivity index (χ3v) is 7.78. The first-order valence-corrected chi connectivity index (χ1v) is 14.8. The minimum absolute atomic E-state index is 0.952. The first kappa shape index (κ1) is 27.2. The van der Waals surface area contributed by atoms with E-state index in [4.69, 9.17) is 0 Å². The van der Waals surface area contributed by atoms with Gasteiger partial charge in [0.2, 0.25) is 0 Å². The molecule has 1 nitrogen and oxygen atoms in total. The van der Waals surface area contributed by atoms with Crippen LogP contribution in [0.15, 0.2) is 121 Å². The predicted molar refractivity (Wildman–Crippen MR) is 186 cm³/mol. The molecule has 6 aromatic carbocycles. The van der Waals surface area contributed by atoms with Crippen LogP contribution in [-0.4, -0.2) is 14.1 Å². The van der Waals surface area contributed by atoms with Crippen LogP contribution in [0.2, 0.25) is 0 Å². The van der Waals surface area contributed by atoms with Crippen molar-refractivity contribution >= 4 is 49.8 Å². The normalized spacial score (nSPS) is 10.2.